The van der Waals surface area contributed by atoms with Crippen LogP contribution in [0.25, 0.3) is 0 Å². The second-order valence-electron chi connectivity index (χ2n) is 4.39. The topological polar surface area (TPSA) is 29.9 Å². The third kappa shape index (κ3) is 2.40. The van der Waals surface area contributed by atoms with E-state index in [1.807, 2.05) is 0 Å². The molecule has 90 valence electrons. The molecular weight excluding hydrogens is 212 g/mol. The summed E-state index contributed by atoms with van der Waals surface area (Å²) in [5.74, 6) is 1.11. The lowest BCUT2D eigenvalue weighted by Gasteiger charge is -2.32. The summed E-state index contributed by atoms with van der Waals surface area (Å²) in [6, 6.07) is 0.386. The van der Waals surface area contributed by atoms with Gasteiger partial charge in [0.1, 0.15) is 5.82 Å². The van der Waals surface area contributed by atoms with E-state index in [4.69, 9.17) is 0 Å². The van der Waals surface area contributed by atoms with Crippen molar-refractivity contribution in [3.8, 4) is 0 Å². The highest BCUT2D eigenvalue weighted by Crippen LogP contribution is 2.29. The minimum absolute atomic E-state index is 0.386. The van der Waals surface area contributed by atoms with Crippen molar-refractivity contribution < 1.29 is 8.78 Å². The highest BCUT2D eigenvalue weighted by atomic mass is 19.3. The van der Waals surface area contributed by atoms with Crippen molar-refractivity contribution in [2.24, 2.45) is 5.92 Å². The van der Waals surface area contributed by atoms with E-state index in [1.54, 1.807) is 0 Å². The van der Waals surface area contributed by atoms with Crippen molar-refractivity contribution in [3.63, 3.8) is 0 Å². The third-order valence-corrected chi connectivity index (χ3v) is 3.40. The first kappa shape index (κ1) is 11.5. The molecule has 1 aliphatic carbocycles. The molecule has 1 atom stereocenters. The fourth-order valence-electron chi connectivity index (χ4n) is 2.02. The Balaban J connectivity index is 1.86. The van der Waals surface area contributed by atoms with Crippen LogP contribution >= 0.6 is 0 Å². The number of alkyl halides is 2. The quantitative estimate of drug-likeness (QED) is 0.841. The smallest absolute Gasteiger partial charge is 0.307 e. The van der Waals surface area contributed by atoms with E-state index in [9.17, 15) is 8.78 Å². The molecule has 0 saturated heterocycles. The molecule has 1 aromatic heterocycles. The van der Waals surface area contributed by atoms with Gasteiger partial charge in [0, 0.05) is 18.4 Å². The molecule has 0 aromatic carbocycles. The van der Waals surface area contributed by atoms with Gasteiger partial charge in [-0.05, 0) is 25.7 Å². The van der Waals surface area contributed by atoms with E-state index >= 15 is 0 Å². The van der Waals surface area contributed by atoms with E-state index in [0.29, 0.717) is 24.3 Å². The standard InChI is InChI=1S/C11H17F2N3/c1-8(9-3-2-4-9)15-7-10-14-5-6-16(10)11(12)13/h5-6,8-9,11,15H,2-4,7H2,1H3. The van der Waals surface area contributed by atoms with Gasteiger partial charge >= 0.3 is 6.55 Å². The van der Waals surface area contributed by atoms with Gasteiger partial charge < -0.3 is 5.32 Å². The summed E-state index contributed by atoms with van der Waals surface area (Å²) in [4.78, 5) is 3.93. The molecule has 0 spiro atoms. The number of rotatable bonds is 5. The van der Waals surface area contributed by atoms with Crippen LogP contribution in [-0.4, -0.2) is 15.6 Å². The summed E-state index contributed by atoms with van der Waals surface area (Å²) >= 11 is 0. The average molecular weight is 229 g/mol. The molecule has 5 heteroatoms. The Hall–Kier alpha value is -0.970. The van der Waals surface area contributed by atoms with Crippen LogP contribution in [0.5, 0.6) is 0 Å². The summed E-state index contributed by atoms with van der Waals surface area (Å²) in [5, 5.41) is 3.27. The molecule has 16 heavy (non-hydrogen) atoms. The summed E-state index contributed by atoms with van der Waals surface area (Å²) in [6.07, 6.45) is 6.52. The first-order valence-electron chi connectivity index (χ1n) is 5.71. The predicted molar refractivity (Wildman–Crippen MR) is 57.1 cm³/mol. The molecule has 0 radical (unpaired) electrons. The fourth-order valence-corrected chi connectivity index (χ4v) is 2.02. The van der Waals surface area contributed by atoms with Crippen molar-refractivity contribution in [3.05, 3.63) is 18.2 Å². The first-order chi connectivity index (χ1) is 7.68. The normalized spacial score (nSPS) is 18.8. The van der Waals surface area contributed by atoms with Gasteiger partial charge in [0.25, 0.3) is 0 Å². The molecule has 1 saturated carbocycles. The number of imidazole rings is 1. The minimum atomic E-state index is -2.50. The van der Waals surface area contributed by atoms with Gasteiger partial charge in [-0.3, -0.25) is 4.57 Å². The van der Waals surface area contributed by atoms with Crippen molar-refractivity contribution >= 4 is 0 Å². The molecule has 1 unspecified atom stereocenters. The van der Waals surface area contributed by atoms with E-state index in [-0.39, 0.29) is 0 Å². The number of nitrogens with one attached hydrogen (secondary N) is 1. The Bertz CT molecular complexity index is 334. The van der Waals surface area contributed by atoms with Crippen molar-refractivity contribution in [2.45, 2.75) is 45.3 Å². The van der Waals surface area contributed by atoms with Crippen LogP contribution in [0.3, 0.4) is 0 Å². The van der Waals surface area contributed by atoms with Crippen LogP contribution in [0.1, 0.15) is 38.6 Å². The Labute approximate surface area is 93.9 Å². The molecule has 1 aromatic rings. The molecule has 1 fully saturated rings. The summed E-state index contributed by atoms with van der Waals surface area (Å²) in [6.45, 7) is 0.0207. The zero-order chi connectivity index (χ0) is 11.5. The first-order valence-corrected chi connectivity index (χ1v) is 5.71. The summed E-state index contributed by atoms with van der Waals surface area (Å²) in [5.41, 5.74) is 0. The number of hydrogen-bond donors (Lipinski definition) is 1. The van der Waals surface area contributed by atoms with E-state index in [1.165, 1.54) is 31.7 Å². The van der Waals surface area contributed by atoms with Gasteiger partial charge in [-0.1, -0.05) is 6.42 Å². The number of hydrogen-bond acceptors (Lipinski definition) is 2. The molecule has 3 nitrogen and oxygen atoms in total. The lowest BCUT2D eigenvalue weighted by molar-refractivity contribution is 0.0662. The second kappa shape index (κ2) is 4.91. The van der Waals surface area contributed by atoms with Gasteiger partial charge in [-0.25, -0.2) is 4.98 Å². The Kier molecular flexibility index (Phi) is 3.53. The highest BCUT2D eigenvalue weighted by Gasteiger charge is 2.23. The maximum absolute atomic E-state index is 12.5. The van der Waals surface area contributed by atoms with Crippen LogP contribution in [0.2, 0.25) is 0 Å². The Morgan fingerprint density at radius 3 is 2.88 bits per heavy atom. The molecule has 1 heterocycles. The fraction of sp³-hybridized carbons (Fsp3) is 0.727. The predicted octanol–water partition coefficient (Wildman–Crippen LogP) is 2.56. The molecule has 0 aliphatic heterocycles. The van der Waals surface area contributed by atoms with Gasteiger partial charge in [-0.2, -0.15) is 8.78 Å². The third-order valence-electron chi connectivity index (χ3n) is 3.40. The van der Waals surface area contributed by atoms with E-state index in [2.05, 4.69) is 17.2 Å². The maximum atomic E-state index is 12.5. The SMILES string of the molecule is CC(NCc1nccn1C(F)F)C1CCC1. The zero-order valence-corrected chi connectivity index (χ0v) is 9.37. The molecule has 2 rings (SSSR count). The summed E-state index contributed by atoms with van der Waals surface area (Å²) in [7, 11) is 0. The summed E-state index contributed by atoms with van der Waals surface area (Å²) < 4.78 is 25.9. The minimum Gasteiger partial charge on any atom is -0.307 e. The highest BCUT2D eigenvalue weighted by molar-refractivity contribution is 4.93. The van der Waals surface area contributed by atoms with Crippen LogP contribution in [-0.2, 0) is 6.54 Å². The Morgan fingerprint density at radius 2 is 2.31 bits per heavy atom. The molecule has 1 N–H and O–H groups in total. The van der Waals surface area contributed by atoms with Crippen LogP contribution in [0.4, 0.5) is 8.78 Å². The lowest BCUT2D eigenvalue weighted by Crippen LogP contribution is -2.37. The second-order valence-corrected chi connectivity index (χ2v) is 4.39. The molecular formula is C11H17F2N3. The zero-order valence-electron chi connectivity index (χ0n) is 9.37. The van der Waals surface area contributed by atoms with E-state index in [0.717, 1.165) is 4.57 Å². The maximum Gasteiger partial charge on any atom is 0.319 e. The van der Waals surface area contributed by atoms with Gasteiger partial charge in [0.15, 0.2) is 0 Å². The van der Waals surface area contributed by atoms with E-state index < -0.39 is 6.55 Å². The van der Waals surface area contributed by atoms with Crippen LogP contribution < -0.4 is 5.32 Å². The van der Waals surface area contributed by atoms with Gasteiger partial charge in [-0.15, -0.1) is 0 Å². The van der Waals surface area contributed by atoms with Gasteiger partial charge in [0.05, 0.1) is 6.54 Å². The van der Waals surface area contributed by atoms with Crippen molar-refractivity contribution in [2.75, 3.05) is 0 Å². The Morgan fingerprint density at radius 1 is 1.56 bits per heavy atom. The molecule has 1 aliphatic rings. The molecule has 0 bridgehead atoms. The largest absolute Gasteiger partial charge is 0.319 e. The number of aromatic nitrogens is 2. The van der Waals surface area contributed by atoms with Crippen molar-refractivity contribution in [1.29, 1.82) is 0 Å². The lowest BCUT2D eigenvalue weighted by atomic mass is 9.80. The number of halogens is 2. The average Bonchev–Trinajstić information content (AvgIpc) is 2.59. The van der Waals surface area contributed by atoms with Crippen molar-refractivity contribution in [1.82, 2.24) is 14.9 Å². The van der Waals surface area contributed by atoms with Crippen LogP contribution in [0, 0.1) is 5.92 Å². The monoisotopic (exact) mass is 229 g/mol. The number of nitrogens with zero attached hydrogens (tertiary/aromatic N) is 2. The van der Waals surface area contributed by atoms with Crippen LogP contribution in [0.15, 0.2) is 12.4 Å². The van der Waals surface area contributed by atoms with Gasteiger partial charge in [0.2, 0.25) is 0 Å². The molecule has 0 amide bonds.